The number of rotatable bonds is 6. The largest absolute Gasteiger partial charge is 0.368 e. The SMILES string of the molecule is CN(Cc1ccc(Cl)s1)c1ccc(CNC2CC2)cc1Cl. The van der Waals surface area contributed by atoms with Crippen LogP contribution in [0, 0.1) is 0 Å². The highest BCUT2D eigenvalue weighted by Crippen LogP contribution is 2.30. The summed E-state index contributed by atoms with van der Waals surface area (Å²) in [6, 6.07) is 11.0. The average Bonchev–Trinajstić information content (AvgIpc) is 3.19. The lowest BCUT2D eigenvalue weighted by atomic mass is 10.2. The Morgan fingerprint density at radius 2 is 2.05 bits per heavy atom. The molecule has 1 aliphatic carbocycles. The molecule has 112 valence electrons. The van der Waals surface area contributed by atoms with Crippen molar-refractivity contribution in [3.8, 4) is 0 Å². The van der Waals surface area contributed by atoms with E-state index < -0.39 is 0 Å². The van der Waals surface area contributed by atoms with Gasteiger partial charge in [-0.2, -0.15) is 0 Å². The lowest BCUT2D eigenvalue weighted by Crippen LogP contribution is -2.17. The van der Waals surface area contributed by atoms with Crippen LogP contribution in [0.3, 0.4) is 0 Å². The van der Waals surface area contributed by atoms with E-state index in [0.29, 0.717) is 0 Å². The van der Waals surface area contributed by atoms with Crippen LogP contribution >= 0.6 is 34.5 Å². The molecule has 5 heteroatoms. The first-order valence-electron chi connectivity index (χ1n) is 7.09. The Hall–Kier alpha value is -0.740. The first kappa shape index (κ1) is 15.2. The molecular weight excluding hydrogens is 323 g/mol. The van der Waals surface area contributed by atoms with Gasteiger partial charge in [-0.15, -0.1) is 11.3 Å². The van der Waals surface area contributed by atoms with Crippen LogP contribution < -0.4 is 10.2 Å². The summed E-state index contributed by atoms with van der Waals surface area (Å²) in [6.07, 6.45) is 2.61. The van der Waals surface area contributed by atoms with Gasteiger partial charge in [0, 0.05) is 24.5 Å². The minimum atomic E-state index is 0.717. The fourth-order valence-corrected chi connectivity index (χ4v) is 3.76. The molecule has 1 aromatic carbocycles. The van der Waals surface area contributed by atoms with Crippen LogP contribution in [0.5, 0.6) is 0 Å². The van der Waals surface area contributed by atoms with Gasteiger partial charge in [-0.25, -0.2) is 0 Å². The molecule has 1 heterocycles. The van der Waals surface area contributed by atoms with Crippen molar-refractivity contribution in [2.24, 2.45) is 0 Å². The van der Waals surface area contributed by atoms with Crippen LogP contribution in [0.15, 0.2) is 30.3 Å². The Bertz CT molecular complexity index is 622. The molecule has 1 fully saturated rings. The maximum absolute atomic E-state index is 6.43. The maximum atomic E-state index is 6.43. The van der Waals surface area contributed by atoms with E-state index >= 15 is 0 Å². The Morgan fingerprint density at radius 3 is 2.67 bits per heavy atom. The quantitative estimate of drug-likeness (QED) is 0.800. The second-order valence-corrected chi connectivity index (χ2v) is 7.71. The van der Waals surface area contributed by atoms with Crippen LogP contribution in [0.1, 0.15) is 23.3 Å². The molecule has 0 radical (unpaired) electrons. The van der Waals surface area contributed by atoms with Gasteiger partial charge in [0.15, 0.2) is 0 Å². The summed E-state index contributed by atoms with van der Waals surface area (Å²) in [6.45, 7) is 1.71. The normalized spacial score (nSPS) is 14.4. The van der Waals surface area contributed by atoms with E-state index in [-0.39, 0.29) is 0 Å². The molecule has 0 unspecified atom stereocenters. The molecule has 1 aromatic heterocycles. The Labute approximate surface area is 139 Å². The van der Waals surface area contributed by atoms with Crippen LogP contribution in [0.2, 0.25) is 9.36 Å². The van der Waals surface area contributed by atoms with E-state index in [9.17, 15) is 0 Å². The van der Waals surface area contributed by atoms with Crippen LogP contribution in [0.4, 0.5) is 5.69 Å². The van der Waals surface area contributed by atoms with E-state index in [1.807, 2.05) is 6.07 Å². The zero-order valence-corrected chi connectivity index (χ0v) is 14.2. The fourth-order valence-electron chi connectivity index (χ4n) is 2.28. The van der Waals surface area contributed by atoms with E-state index in [0.717, 1.165) is 34.2 Å². The van der Waals surface area contributed by atoms with Gasteiger partial charge in [-0.05, 0) is 42.7 Å². The number of hydrogen-bond acceptors (Lipinski definition) is 3. The summed E-state index contributed by atoms with van der Waals surface area (Å²) >= 11 is 14.0. The number of benzene rings is 1. The lowest BCUT2D eigenvalue weighted by Gasteiger charge is -2.20. The topological polar surface area (TPSA) is 15.3 Å². The smallest absolute Gasteiger partial charge is 0.0931 e. The number of hydrogen-bond donors (Lipinski definition) is 1. The van der Waals surface area contributed by atoms with Crippen molar-refractivity contribution in [1.82, 2.24) is 5.32 Å². The number of nitrogens with zero attached hydrogens (tertiary/aromatic N) is 1. The third kappa shape index (κ3) is 4.13. The summed E-state index contributed by atoms with van der Waals surface area (Å²) in [4.78, 5) is 3.39. The molecular formula is C16H18Cl2N2S. The van der Waals surface area contributed by atoms with Crippen molar-refractivity contribution < 1.29 is 0 Å². The molecule has 0 amide bonds. The fraction of sp³-hybridized carbons (Fsp3) is 0.375. The van der Waals surface area contributed by atoms with Crippen LogP contribution in [-0.2, 0) is 13.1 Å². The van der Waals surface area contributed by atoms with Gasteiger partial charge in [0.05, 0.1) is 21.6 Å². The minimum absolute atomic E-state index is 0.717. The van der Waals surface area contributed by atoms with Crippen molar-refractivity contribution >= 4 is 40.2 Å². The van der Waals surface area contributed by atoms with Gasteiger partial charge in [0.2, 0.25) is 0 Å². The maximum Gasteiger partial charge on any atom is 0.0931 e. The number of nitrogens with one attached hydrogen (secondary N) is 1. The highest BCUT2D eigenvalue weighted by atomic mass is 35.5. The predicted molar refractivity (Wildman–Crippen MR) is 92.7 cm³/mol. The van der Waals surface area contributed by atoms with E-state index in [1.165, 1.54) is 23.3 Å². The molecule has 2 nitrogen and oxygen atoms in total. The van der Waals surface area contributed by atoms with E-state index in [4.69, 9.17) is 23.2 Å². The van der Waals surface area contributed by atoms with Gasteiger partial charge < -0.3 is 10.2 Å². The second kappa shape index (κ2) is 6.57. The second-order valence-electron chi connectivity index (χ2n) is 5.50. The first-order valence-corrected chi connectivity index (χ1v) is 8.66. The van der Waals surface area contributed by atoms with Crippen LogP contribution in [-0.4, -0.2) is 13.1 Å². The molecule has 0 atom stereocenters. The Balaban J connectivity index is 1.65. The van der Waals surface area contributed by atoms with Gasteiger partial charge in [0.1, 0.15) is 0 Å². The van der Waals surface area contributed by atoms with Gasteiger partial charge in [-0.1, -0.05) is 29.3 Å². The zero-order chi connectivity index (χ0) is 14.8. The number of thiophene rings is 1. The summed E-state index contributed by atoms with van der Waals surface area (Å²) in [5.74, 6) is 0. The average molecular weight is 341 g/mol. The molecule has 0 bridgehead atoms. The predicted octanol–water partition coefficient (Wildman–Crippen LogP) is 4.94. The van der Waals surface area contributed by atoms with E-state index in [1.54, 1.807) is 11.3 Å². The molecule has 1 N–H and O–H groups in total. The Kier molecular flexibility index (Phi) is 4.75. The number of halogens is 2. The third-order valence-electron chi connectivity index (χ3n) is 3.62. The third-order valence-corrected chi connectivity index (χ3v) is 5.14. The van der Waals surface area contributed by atoms with Gasteiger partial charge >= 0.3 is 0 Å². The molecule has 2 aromatic rings. The molecule has 0 aliphatic heterocycles. The van der Waals surface area contributed by atoms with Crippen molar-refractivity contribution in [2.45, 2.75) is 32.0 Å². The molecule has 0 saturated heterocycles. The van der Waals surface area contributed by atoms with Gasteiger partial charge in [-0.3, -0.25) is 0 Å². The van der Waals surface area contributed by atoms with E-state index in [2.05, 4.69) is 41.5 Å². The standard InChI is InChI=1S/C16H18Cl2N2S/c1-20(10-13-5-7-16(18)21-13)15-6-2-11(8-14(15)17)9-19-12-3-4-12/h2,5-8,12,19H,3-4,9-10H2,1H3. The van der Waals surface area contributed by atoms with Crippen molar-refractivity contribution in [2.75, 3.05) is 11.9 Å². The molecule has 1 aliphatic rings. The first-order chi connectivity index (χ1) is 10.1. The number of anilines is 1. The van der Waals surface area contributed by atoms with Crippen LogP contribution in [0.25, 0.3) is 0 Å². The van der Waals surface area contributed by atoms with Crippen molar-refractivity contribution in [3.05, 3.63) is 50.1 Å². The monoisotopic (exact) mass is 340 g/mol. The lowest BCUT2D eigenvalue weighted by molar-refractivity contribution is 0.688. The zero-order valence-electron chi connectivity index (χ0n) is 11.9. The minimum Gasteiger partial charge on any atom is -0.368 e. The van der Waals surface area contributed by atoms with Crippen molar-refractivity contribution in [3.63, 3.8) is 0 Å². The highest BCUT2D eigenvalue weighted by molar-refractivity contribution is 7.16. The van der Waals surface area contributed by atoms with Crippen molar-refractivity contribution in [1.29, 1.82) is 0 Å². The summed E-state index contributed by atoms with van der Waals surface area (Å²) in [7, 11) is 2.05. The molecule has 21 heavy (non-hydrogen) atoms. The highest BCUT2D eigenvalue weighted by Gasteiger charge is 2.20. The Morgan fingerprint density at radius 1 is 1.24 bits per heavy atom. The molecule has 0 spiro atoms. The molecule has 3 rings (SSSR count). The summed E-state index contributed by atoms with van der Waals surface area (Å²) < 4.78 is 0.825. The summed E-state index contributed by atoms with van der Waals surface area (Å²) in [5, 5.41) is 4.31. The summed E-state index contributed by atoms with van der Waals surface area (Å²) in [5.41, 5.74) is 2.29. The molecule has 1 saturated carbocycles. The van der Waals surface area contributed by atoms with Gasteiger partial charge in [0.25, 0.3) is 0 Å².